The number of fused-ring (bicyclic) bond motifs is 1. The fourth-order valence-corrected chi connectivity index (χ4v) is 2.81. The normalized spacial score (nSPS) is 14.2. The zero-order chi connectivity index (χ0) is 14.2. The minimum atomic E-state index is 0.842. The third-order valence-electron chi connectivity index (χ3n) is 4.05. The second-order valence-electron chi connectivity index (χ2n) is 5.53. The van der Waals surface area contributed by atoms with Gasteiger partial charge in [-0.3, -0.25) is 0 Å². The quantitative estimate of drug-likeness (QED) is 0.712. The van der Waals surface area contributed by atoms with Gasteiger partial charge in [-0.2, -0.15) is 0 Å². The summed E-state index contributed by atoms with van der Waals surface area (Å²) in [5.74, 6) is 1.93. The second-order valence-corrected chi connectivity index (χ2v) is 5.53. The summed E-state index contributed by atoms with van der Waals surface area (Å²) in [6.45, 7) is 4.18. The van der Waals surface area contributed by atoms with Crippen molar-refractivity contribution < 1.29 is 0 Å². The van der Waals surface area contributed by atoms with Crippen molar-refractivity contribution in [2.75, 3.05) is 18.0 Å². The molecule has 2 heterocycles. The molecule has 2 aromatic carbocycles. The van der Waals surface area contributed by atoms with Gasteiger partial charge in [0.05, 0.1) is 5.52 Å². The molecule has 0 amide bonds. The summed E-state index contributed by atoms with van der Waals surface area (Å²) in [6.07, 6.45) is 1.26. The van der Waals surface area contributed by atoms with Gasteiger partial charge in [-0.15, -0.1) is 0 Å². The lowest BCUT2D eigenvalue weighted by molar-refractivity contribution is 0.610. The van der Waals surface area contributed by atoms with Crippen LogP contribution in [0, 0.1) is 6.92 Å². The van der Waals surface area contributed by atoms with Crippen LogP contribution in [0.5, 0.6) is 0 Å². The van der Waals surface area contributed by atoms with Crippen LogP contribution >= 0.6 is 0 Å². The van der Waals surface area contributed by atoms with E-state index < -0.39 is 0 Å². The van der Waals surface area contributed by atoms with E-state index in [1.807, 2.05) is 13.0 Å². The van der Waals surface area contributed by atoms with Gasteiger partial charge in [-0.25, -0.2) is 9.97 Å². The number of anilines is 1. The predicted molar refractivity (Wildman–Crippen MR) is 86.5 cm³/mol. The van der Waals surface area contributed by atoms with E-state index in [-0.39, 0.29) is 0 Å². The van der Waals surface area contributed by atoms with Crippen LogP contribution in [0.2, 0.25) is 0 Å². The lowest BCUT2D eigenvalue weighted by Crippen LogP contribution is -2.37. The summed E-state index contributed by atoms with van der Waals surface area (Å²) in [6, 6.07) is 16.9. The van der Waals surface area contributed by atoms with Crippen molar-refractivity contribution in [1.29, 1.82) is 0 Å². The number of nitrogens with zero attached hydrogens (tertiary/aromatic N) is 3. The first kappa shape index (κ1) is 12.3. The zero-order valence-corrected chi connectivity index (χ0v) is 12.1. The number of aromatic nitrogens is 2. The van der Waals surface area contributed by atoms with Gasteiger partial charge in [0, 0.05) is 18.5 Å². The molecule has 3 heteroatoms. The molecular weight excluding hydrogens is 258 g/mol. The third-order valence-corrected chi connectivity index (χ3v) is 4.05. The molecule has 0 N–H and O–H groups in total. The number of rotatable bonds is 2. The predicted octanol–water partition coefficient (Wildman–Crippen LogP) is 3.82. The van der Waals surface area contributed by atoms with E-state index in [9.17, 15) is 0 Å². The first-order valence-corrected chi connectivity index (χ1v) is 7.40. The summed E-state index contributed by atoms with van der Waals surface area (Å²) in [5, 5.41) is 1.15. The molecule has 1 aromatic heterocycles. The largest absolute Gasteiger partial charge is 0.356 e. The van der Waals surface area contributed by atoms with E-state index in [4.69, 9.17) is 0 Å². The maximum absolute atomic E-state index is 4.64. The summed E-state index contributed by atoms with van der Waals surface area (Å²) in [7, 11) is 0. The molecule has 0 radical (unpaired) electrons. The van der Waals surface area contributed by atoms with Gasteiger partial charge in [0.2, 0.25) is 0 Å². The highest BCUT2D eigenvalue weighted by atomic mass is 15.2. The molecule has 1 fully saturated rings. The molecular formula is C18H17N3. The van der Waals surface area contributed by atoms with Crippen molar-refractivity contribution in [2.24, 2.45) is 0 Å². The molecule has 0 aliphatic carbocycles. The average molecular weight is 275 g/mol. The van der Waals surface area contributed by atoms with E-state index in [1.165, 1.54) is 17.5 Å². The number of benzene rings is 2. The van der Waals surface area contributed by atoms with Crippen LogP contribution < -0.4 is 4.90 Å². The van der Waals surface area contributed by atoms with Crippen LogP contribution in [0.15, 0.2) is 48.5 Å². The lowest BCUT2D eigenvalue weighted by Gasteiger charge is -2.32. The number of aryl methyl sites for hydroxylation is 1. The van der Waals surface area contributed by atoms with Crippen molar-refractivity contribution in [1.82, 2.24) is 9.97 Å². The molecule has 3 nitrogen and oxygen atoms in total. The highest BCUT2D eigenvalue weighted by molar-refractivity contribution is 5.92. The van der Waals surface area contributed by atoms with E-state index in [0.29, 0.717) is 0 Å². The van der Waals surface area contributed by atoms with Gasteiger partial charge < -0.3 is 4.90 Å². The molecule has 1 saturated heterocycles. The Morgan fingerprint density at radius 1 is 0.905 bits per heavy atom. The van der Waals surface area contributed by atoms with Crippen LogP contribution in [-0.4, -0.2) is 23.1 Å². The van der Waals surface area contributed by atoms with E-state index >= 15 is 0 Å². The van der Waals surface area contributed by atoms with Crippen molar-refractivity contribution in [3.05, 3.63) is 54.4 Å². The van der Waals surface area contributed by atoms with Gasteiger partial charge >= 0.3 is 0 Å². The lowest BCUT2D eigenvalue weighted by atomic mass is 10.0. The van der Waals surface area contributed by atoms with Crippen molar-refractivity contribution in [3.63, 3.8) is 0 Å². The summed E-state index contributed by atoms with van der Waals surface area (Å²) in [5.41, 5.74) is 3.46. The van der Waals surface area contributed by atoms with E-state index in [0.717, 1.165) is 35.6 Å². The molecule has 21 heavy (non-hydrogen) atoms. The molecule has 0 unspecified atom stereocenters. The molecule has 104 valence electrons. The smallest absolute Gasteiger partial charge is 0.140 e. The van der Waals surface area contributed by atoms with Crippen LogP contribution in [0.3, 0.4) is 0 Å². The monoisotopic (exact) mass is 275 g/mol. The molecule has 4 rings (SSSR count). The van der Waals surface area contributed by atoms with Crippen molar-refractivity contribution in [2.45, 2.75) is 13.3 Å². The Hall–Kier alpha value is -2.42. The molecule has 0 spiro atoms. The minimum Gasteiger partial charge on any atom is -0.356 e. The Morgan fingerprint density at radius 2 is 1.71 bits per heavy atom. The maximum atomic E-state index is 4.64. The van der Waals surface area contributed by atoms with Gasteiger partial charge in [0.25, 0.3) is 0 Å². The van der Waals surface area contributed by atoms with Gasteiger partial charge in [-0.05, 0) is 36.6 Å². The van der Waals surface area contributed by atoms with Crippen LogP contribution in [-0.2, 0) is 0 Å². The fourth-order valence-electron chi connectivity index (χ4n) is 2.81. The minimum absolute atomic E-state index is 0.842. The Kier molecular flexibility index (Phi) is 2.85. The SMILES string of the molecule is Cc1nc(N2CCC2)c2ccc(-c3ccccc3)cc2n1. The Labute approximate surface area is 124 Å². The Morgan fingerprint density at radius 3 is 2.43 bits per heavy atom. The third kappa shape index (κ3) is 2.15. The molecule has 0 atom stereocenters. The molecule has 0 bridgehead atoms. The fraction of sp³-hybridized carbons (Fsp3) is 0.222. The van der Waals surface area contributed by atoms with Crippen molar-refractivity contribution >= 4 is 16.7 Å². The first-order chi connectivity index (χ1) is 10.3. The molecule has 0 saturated carbocycles. The standard InChI is InChI=1S/C18H17N3/c1-13-19-17-12-15(14-6-3-2-4-7-14)8-9-16(17)18(20-13)21-10-5-11-21/h2-4,6-9,12H,5,10-11H2,1H3. The zero-order valence-electron chi connectivity index (χ0n) is 12.1. The summed E-state index contributed by atoms with van der Waals surface area (Å²) >= 11 is 0. The van der Waals surface area contributed by atoms with Gasteiger partial charge in [-0.1, -0.05) is 36.4 Å². The second kappa shape index (κ2) is 4.85. The van der Waals surface area contributed by atoms with E-state index in [2.05, 4.69) is 57.3 Å². The topological polar surface area (TPSA) is 29.0 Å². The Balaban J connectivity index is 1.88. The average Bonchev–Trinajstić information content (AvgIpc) is 2.45. The number of hydrogen-bond acceptors (Lipinski definition) is 3. The highest BCUT2D eigenvalue weighted by Crippen LogP contribution is 2.30. The van der Waals surface area contributed by atoms with Gasteiger partial charge in [0.15, 0.2) is 0 Å². The van der Waals surface area contributed by atoms with Crippen LogP contribution in [0.1, 0.15) is 12.2 Å². The van der Waals surface area contributed by atoms with Crippen molar-refractivity contribution in [3.8, 4) is 11.1 Å². The number of hydrogen-bond donors (Lipinski definition) is 0. The molecule has 3 aromatic rings. The maximum Gasteiger partial charge on any atom is 0.140 e. The van der Waals surface area contributed by atoms with E-state index in [1.54, 1.807) is 0 Å². The molecule has 1 aliphatic heterocycles. The Bertz CT molecular complexity index is 792. The summed E-state index contributed by atoms with van der Waals surface area (Å²) in [4.78, 5) is 11.6. The van der Waals surface area contributed by atoms with Crippen LogP contribution in [0.4, 0.5) is 5.82 Å². The molecule has 1 aliphatic rings. The van der Waals surface area contributed by atoms with Gasteiger partial charge in [0.1, 0.15) is 11.6 Å². The highest BCUT2D eigenvalue weighted by Gasteiger charge is 2.19. The van der Waals surface area contributed by atoms with Crippen LogP contribution in [0.25, 0.3) is 22.0 Å². The summed E-state index contributed by atoms with van der Waals surface area (Å²) < 4.78 is 0. The first-order valence-electron chi connectivity index (χ1n) is 7.40.